The largest absolute Gasteiger partial charge is 0.496 e. The van der Waals surface area contributed by atoms with Crippen LogP contribution in [0, 0.1) is 17.0 Å². The number of carbonyl (C=O) groups excluding carboxylic acids is 1. The third-order valence-electron chi connectivity index (χ3n) is 3.08. The average Bonchev–Trinajstić information content (AvgIpc) is 2.83. The van der Waals surface area contributed by atoms with Gasteiger partial charge < -0.3 is 10.1 Å². The summed E-state index contributed by atoms with van der Waals surface area (Å²) in [5.41, 5.74) is 1.01. The van der Waals surface area contributed by atoms with E-state index in [9.17, 15) is 14.9 Å². The second-order valence-electron chi connectivity index (χ2n) is 4.80. The summed E-state index contributed by atoms with van der Waals surface area (Å²) in [7, 11) is 1.41. The Kier molecular flexibility index (Phi) is 5.32. The molecule has 0 radical (unpaired) electrons. The topological polar surface area (TPSA) is 99.3 Å². The van der Waals surface area contributed by atoms with E-state index in [1.54, 1.807) is 10.9 Å². The average molecular weight is 383 g/mol. The number of aryl methyl sites for hydroxylation is 2. The Labute approximate surface area is 140 Å². The van der Waals surface area contributed by atoms with Crippen molar-refractivity contribution in [1.82, 2.24) is 9.78 Å². The first kappa shape index (κ1) is 16.9. The van der Waals surface area contributed by atoms with Crippen LogP contribution in [0.2, 0.25) is 0 Å². The van der Waals surface area contributed by atoms with Crippen LogP contribution in [0.4, 0.5) is 11.4 Å². The highest BCUT2D eigenvalue weighted by Crippen LogP contribution is 2.25. The maximum absolute atomic E-state index is 12.0. The molecule has 0 fully saturated rings. The number of aromatic nitrogens is 2. The molecule has 1 N–H and O–H groups in total. The number of ether oxygens (including phenoxy) is 1. The molecule has 2 rings (SSSR count). The summed E-state index contributed by atoms with van der Waals surface area (Å²) < 4.78 is 7.53. The zero-order chi connectivity index (χ0) is 17.0. The van der Waals surface area contributed by atoms with E-state index >= 15 is 0 Å². The second kappa shape index (κ2) is 7.23. The number of halogens is 1. The van der Waals surface area contributed by atoms with Gasteiger partial charge in [0.15, 0.2) is 0 Å². The summed E-state index contributed by atoms with van der Waals surface area (Å²) in [6, 6.07) is 4.11. The zero-order valence-electron chi connectivity index (χ0n) is 12.6. The smallest absolute Gasteiger partial charge is 0.275 e. The molecular formula is C14H15BrN4O4. The Morgan fingerprint density at radius 2 is 2.22 bits per heavy atom. The summed E-state index contributed by atoms with van der Waals surface area (Å²) >= 11 is 3.35. The van der Waals surface area contributed by atoms with Gasteiger partial charge in [0.1, 0.15) is 5.75 Å². The van der Waals surface area contributed by atoms with Gasteiger partial charge in [0, 0.05) is 31.3 Å². The Hall–Kier alpha value is -2.42. The molecule has 9 heteroatoms. The summed E-state index contributed by atoms with van der Waals surface area (Å²) in [5, 5.41) is 17.7. The van der Waals surface area contributed by atoms with Crippen LogP contribution in [-0.4, -0.2) is 27.7 Å². The van der Waals surface area contributed by atoms with E-state index in [4.69, 9.17) is 4.74 Å². The molecule has 0 unspecified atom stereocenters. The van der Waals surface area contributed by atoms with Gasteiger partial charge in [-0.05, 0) is 22.9 Å². The van der Waals surface area contributed by atoms with E-state index in [0.717, 1.165) is 10.2 Å². The number of nitro benzene ring substituents is 1. The van der Waals surface area contributed by atoms with Crippen LogP contribution in [-0.2, 0) is 11.3 Å². The van der Waals surface area contributed by atoms with Gasteiger partial charge in [-0.3, -0.25) is 19.6 Å². The molecule has 1 amide bonds. The lowest BCUT2D eigenvalue weighted by atomic mass is 10.2. The Bertz CT molecular complexity index is 725. The van der Waals surface area contributed by atoms with Gasteiger partial charge in [0.25, 0.3) is 5.69 Å². The number of carbonyl (C=O) groups is 1. The van der Waals surface area contributed by atoms with Crippen molar-refractivity contribution in [1.29, 1.82) is 0 Å². The van der Waals surface area contributed by atoms with Crippen LogP contribution >= 0.6 is 15.9 Å². The van der Waals surface area contributed by atoms with Crippen LogP contribution in [0.15, 0.2) is 28.9 Å². The van der Waals surface area contributed by atoms with Crippen molar-refractivity contribution < 1.29 is 14.5 Å². The fourth-order valence-electron chi connectivity index (χ4n) is 1.93. The minimum atomic E-state index is -0.539. The van der Waals surface area contributed by atoms with E-state index in [-0.39, 0.29) is 18.0 Å². The van der Waals surface area contributed by atoms with Crippen molar-refractivity contribution in [2.45, 2.75) is 19.9 Å². The van der Waals surface area contributed by atoms with Gasteiger partial charge in [-0.2, -0.15) is 5.10 Å². The number of methoxy groups -OCH3 is 1. The summed E-state index contributed by atoms with van der Waals surface area (Å²) in [6.07, 6.45) is 1.98. The molecule has 0 aliphatic heterocycles. The molecule has 0 aliphatic rings. The van der Waals surface area contributed by atoms with Gasteiger partial charge >= 0.3 is 0 Å². The van der Waals surface area contributed by atoms with Gasteiger partial charge in [-0.25, -0.2) is 0 Å². The molecule has 1 aromatic heterocycles. The molecule has 0 aliphatic carbocycles. The second-order valence-corrected chi connectivity index (χ2v) is 5.65. The summed E-state index contributed by atoms with van der Waals surface area (Å²) in [4.78, 5) is 22.3. The van der Waals surface area contributed by atoms with Crippen molar-refractivity contribution in [2.24, 2.45) is 0 Å². The highest BCUT2D eigenvalue weighted by molar-refractivity contribution is 9.10. The highest BCUT2D eigenvalue weighted by Gasteiger charge is 2.12. The van der Waals surface area contributed by atoms with E-state index in [1.165, 1.54) is 25.3 Å². The Morgan fingerprint density at radius 1 is 1.48 bits per heavy atom. The van der Waals surface area contributed by atoms with Gasteiger partial charge in [0.2, 0.25) is 5.91 Å². The number of nitro groups is 1. The van der Waals surface area contributed by atoms with E-state index in [1.807, 2.05) is 6.92 Å². The maximum Gasteiger partial charge on any atom is 0.275 e. The molecular weight excluding hydrogens is 368 g/mol. The molecule has 0 bridgehead atoms. The van der Waals surface area contributed by atoms with Gasteiger partial charge in [0.05, 0.1) is 34.0 Å². The first-order chi connectivity index (χ1) is 10.9. The fraction of sp³-hybridized carbons (Fsp3) is 0.286. The van der Waals surface area contributed by atoms with E-state index in [2.05, 4.69) is 26.3 Å². The van der Waals surface area contributed by atoms with Crippen LogP contribution in [0.25, 0.3) is 0 Å². The standard InChI is InChI=1S/C14H15BrN4O4/c1-9-13(15)8-18(17-9)4-3-14(20)16-10-5-11(19(21)22)7-12(6-10)23-2/h5-8H,3-4H2,1-2H3,(H,16,20). The lowest BCUT2D eigenvalue weighted by Crippen LogP contribution is -2.15. The summed E-state index contributed by atoms with van der Waals surface area (Å²) in [5.74, 6) is 0.0398. The monoisotopic (exact) mass is 382 g/mol. The first-order valence-corrected chi connectivity index (χ1v) is 7.51. The lowest BCUT2D eigenvalue weighted by molar-refractivity contribution is -0.384. The minimum absolute atomic E-state index is 0.147. The number of non-ortho nitro benzene ring substituents is 1. The molecule has 1 heterocycles. The van der Waals surface area contributed by atoms with Crippen LogP contribution in [0.5, 0.6) is 5.75 Å². The Balaban J connectivity index is 2.02. The zero-order valence-corrected chi connectivity index (χ0v) is 14.2. The van der Waals surface area contributed by atoms with Crippen LogP contribution in [0.3, 0.4) is 0 Å². The number of nitrogens with one attached hydrogen (secondary N) is 1. The normalized spacial score (nSPS) is 10.4. The molecule has 2 aromatic rings. The van der Waals surface area contributed by atoms with Crippen molar-refractivity contribution in [3.8, 4) is 5.75 Å². The highest BCUT2D eigenvalue weighted by atomic mass is 79.9. The number of hydrogen-bond acceptors (Lipinski definition) is 5. The van der Waals surface area contributed by atoms with Gasteiger partial charge in [-0.15, -0.1) is 0 Å². The molecule has 0 saturated heterocycles. The number of benzene rings is 1. The van der Waals surface area contributed by atoms with E-state index < -0.39 is 4.92 Å². The Morgan fingerprint density at radius 3 is 2.78 bits per heavy atom. The molecule has 23 heavy (non-hydrogen) atoms. The number of anilines is 1. The SMILES string of the molecule is COc1cc(NC(=O)CCn2cc(Br)c(C)n2)cc([N+](=O)[O-])c1. The fourth-order valence-corrected chi connectivity index (χ4v) is 2.24. The van der Waals surface area contributed by atoms with Gasteiger partial charge in [-0.1, -0.05) is 0 Å². The predicted molar refractivity (Wildman–Crippen MR) is 87.6 cm³/mol. The molecule has 8 nitrogen and oxygen atoms in total. The maximum atomic E-state index is 12.0. The van der Waals surface area contributed by atoms with Crippen molar-refractivity contribution in [3.63, 3.8) is 0 Å². The number of amides is 1. The predicted octanol–water partition coefficient (Wildman–Crippen LogP) is 2.90. The molecule has 0 atom stereocenters. The first-order valence-electron chi connectivity index (χ1n) is 6.72. The van der Waals surface area contributed by atoms with Crippen LogP contribution < -0.4 is 10.1 Å². The quantitative estimate of drug-likeness (QED) is 0.611. The van der Waals surface area contributed by atoms with E-state index in [0.29, 0.717) is 18.0 Å². The minimum Gasteiger partial charge on any atom is -0.496 e. The molecule has 0 saturated carbocycles. The third kappa shape index (κ3) is 4.52. The van der Waals surface area contributed by atoms with Crippen LogP contribution in [0.1, 0.15) is 12.1 Å². The number of hydrogen-bond donors (Lipinski definition) is 1. The molecule has 0 spiro atoms. The number of nitrogens with zero attached hydrogens (tertiary/aromatic N) is 3. The molecule has 1 aromatic carbocycles. The van der Waals surface area contributed by atoms with Crippen molar-refractivity contribution in [2.75, 3.05) is 12.4 Å². The van der Waals surface area contributed by atoms with Crippen molar-refractivity contribution >= 4 is 33.2 Å². The molecule has 122 valence electrons. The summed E-state index contributed by atoms with van der Waals surface area (Å²) in [6.45, 7) is 2.26. The van der Waals surface area contributed by atoms with Crippen molar-refractivity contribution in [3.05, 3.63) is 44.7 Å². The third-order valence-corrected chi connectivity index (χ3v) is 3.85. The lowest BCUT2D eigenvalue weighted by Gasteiger charge is -2.07. The number of rotatable bonds is 6.